The second kappa shape index (κ2) is 7.34. The minimum Gasteiger partial charge on any atom is -0.324 e. The highest BCUT2D eigenvalue weighted by Crippen LogP contribution is 2.28. The molecule has 0 heterocycles. The number of halogens is 1. The van der Waals surface area contributed by atoms with E-state index < -0.39 is 4.92 Å². The summed E-state index contributed by atoms with van der Waals surface area (Å²) in [6.07, 6.45) is 5.48. The Morgan fingerprint density at radius 2 is 2.11 bits per heavy atom. The minimum atomic E-state index is -0.456. The molecule has 1 aromatic carbocycles. The van der Waals surface area contributed by atoms with Gasteiger partial charge in [0.25, 0.3) is 5.69 Å². The van der Waals surface area contributed by atoms with Gasteiger partial charge in [-0.3, -0.25) is 10.1 Å². The summed E-state index contributed by atoms with van der Waals surface area (Å²) in [5.74, 6) is 0. The standard InChI is InChI=1S/C13H19ClN2O2/c1-2-3-4-5-6-13(15)11-8-7-10(16(17)18)9-12(11)14/h7-9,13H,2-6,15H2,1H3. The van der Waals surface area contributed by atoms with E-state index in [9.17, 15) is 10.1 Å². The Morgan fingerprint density at radius 1 is 1.39 bits per heavy atom. The highest BCUT2D eigenvalue weighted by Gasteiger charge is 2.14. The molecule has 0 fully saturated rings. The van der Waals surface area contributed by atoms with Gasteiger partial charge in [0, 0.05) is 18.2 Å². The van der Waals surface area contributed by atoms with Crippen molar-refractivity contribution < 1.29 is 4.92 Å². The van der Waals surface area contributed by atoms with Gasteiger partial charge in [0.1, 0.15) is 0 Å². The van der Waals surface area contributed by atoms with Crippen molar-refractivity contribution in [1.82, 2.24) is 0 Å². The number of hydrogen-bond donors (Lipinski definition) is 1. The number of benzene rings is 1. The van der Waals surface area contributed by atoms with Gasteiger partial charge in [0.15, 0.2) is 0 Å². The molecule has 5 heteroatoms. The van der Waals surface area contributed by atoms with Gasteiger partial charge in [-0.2, -0.15) is 0 Å². The van der Waals surface area contributed by atoms with Crippen LogP contribution in [0.25, 0.3) is 0 Å². The van der Waals surface area contributed by atoms with Gasteiger partial charge in [-0.1, -0.05) is 44.2 Å². The Balaban J connectivity index is 2.62. The van der Waals surface area contributed by atoms with Crippen molar-refractivity contribution in [3.63, 3.8) is 0 Å². The Kier molecular flexibility index (Phi) is 6.09. The molecule has 0 aromatic heterocycles. The Morgan fingerprint density at radius 3 is 2.67 bits per heavy atom. The van der Waals surface area contributed by atoms with Crippen molar-refractivity contribution in [2.75, 3.05) is 0 Å². The summed E-state index contributed by atoms with van der Waals surface area (Å²) in [4.78, 5) is 10.1. The molecular formula is C13H19ClN2O2. The number of non-ortho nitro benzene ring substituents is 1. The quantitative estimate of drug-likeness (QED) is 0.458. The molecule has 0 aliphatic rings. The van der Waals surface area contributed by atoms with Crippen LogP contribution in [-0.2, 0) is 0 Å². The fourth-order valence-corrected chi connectivity index (χ4v) is 2.19. The molecule has 1 rings (SSSR count). The molecule has 0 bridgehead atoms. The first-order valence-corrected chi connectivity index (χ1v) is 6.63. The third-order valence-electron chi connectivity index (χ3n) is 2.96. The number of nitro groups is 1. The minimum absolute atomic E-state index is 0.00179. The van der Waals surface area contributed by atoms with Crippen LogP contribution in [-0.4, -0.2) is 4.92 Å². The van der Waals surface area contributed by atoms with E-state index in [-0.39, 0.29) is 11.7 Å². The third kappa shape index (κ3) is 4.27. The topological polar surface area (TPSA) is 69.2 Å². The van der Waals surface area contributed by atoms with Crippen LogP contribution < -0.4 is 5.73 Å². The lowest BCUT2D eigenvalue weighted by atomic mass is 10.0. The summed E-state index contributed by atoms with van der Waals surface area (Å²) in [7, 11) is 0. The average molecular weight is 271 g/mol. The number of hydrogen-bond acceptors (Lipinski definition) is 3. The van der Waals surface area contributed by atoms with Gasteiger partial charge >= 0.3 is 0 Å². The molecule has 4 nitrogen and oxygen atoms in total. The van der Waals surface area contributed by atoms with Crippen LogP contribution in [0.15, 0.2) is 18.2 Å². The summed E-state index contributed by atoms with van der Waals surface area (Å²) in [6.45, 7) is 2.16. The van der Waals surface area contributed by atoms with Crippen molar-refractivity contribution in [3.8, 4) is 0 Å². The third-order valence-corrected chi connectivity index (χ3v) is 3.29. The van der Waals surface area contributed by atoms with E-state index in [0.717, 1.165) is 24.8 Å². The molecule has 1 aromatic rings. The second-order valence-corrected chi connectivity index (χ2v) is 4.83. The molecule has 1 atom stereocenters. The van der Waals surface area contributed by atoms with Gasteiger partial charge in [0.2, 0.25) is 0 Å². The molecule has 0 saturated heterocycles. The van der Waals surface area contributed by atoms with Crippen molar-refractivity contribution in [2.24, 2.45) is 5.73 Å². The van der Waals surface area contributed by atoms with Crippen molar-refractivity contribution in [3.05, 3.63) is 38.9 Å². The lowest BCUT2D eigenvalue weighted by Gasteiger charge is -2.13. The summed E-state index contributed by atoms with van der Waals surface area (Å²) < 4.78 is 0. The van der Waals surface area contributed by atoms with Crippen LogP contribution in [0.4, 0.5) is 5.69 Å². The summed E-state index contributed by atoms with van der Waals surface area (Å²) in [5, 5.41) is 11.0. The van der Waals surface area contributed by atoms with Crippen LogP contribution >= 0.6 is 11.6 Å². The molecule has 1 unspecified atom stereocenters. The maximum Gasteiger partial charge on any atom is 0.270 e. The Hall–Kier alpha value is -1.13. The van der Waals surface area contributed by atoms with E-state index >= 15 is 0 Å². The van der Waals surface area contributed by atoms with Crippen molar-refractivity contribution in [2.45, 2.75) is 45.1 Å². The van der Waals surface area contributed by atoms with E-state index in [1.54, 1.807) is 6.07 Å². The number of nitro benzene ring substituents is 1. The highest BCUT2D eigenvalue weighted by atomic mass is 35.5. The van der Waals surface area contributed by atoms with Crippen LogP contribution in [0, 0.1) is 10.1 Å². The number of unbranched alkanes of at least 4 members (excludes halogenated alkanes) is 3. The van der Waals surface area contributed by atoms with Crippen LogP contribution in [0.5, 0.6) is 0 Å². The zero-order chi connectivity index (χ0) is 13.5. The molecular weight excluding hydrogens is 252 g/mol. The van der Waals surface area contributed by atoms with E-state index in [1.165, 1.54) is 25.0 Å². The van der Waals surface area contributed by atoms with Crippen molar-refractivity contribution >= 4 is 17.3 Å². The molecule has 0 aliphatic carbocycles. The Bertz CT molecular complexity index is 410. The average Bonchev–Trinajstić information content (AvgIpc) is 2.34. The number of rotatable bonds is 7. The molecule has 0 amide bonds. The molecule has 18 heavy (non-hydrogen) atoms. The largest absolute Gasteiger partial charge is 0.324 e. The highest BCUT2D eigenvalue weighted by molar-refractivity contribution is 6.31. The van der Waals surface area contributed by atoms with E-state index in [2.05, 4.69) is 6.92 Å². The van der Waals surface area contributed by atoms with Crippen molar-refractivity contribution in [1.29, 1.82) is 0 Å². The number of nitrogens with two attached hydrogens (primary N) is 1. The molecule has 0 radical (unpaired) electrons. The summed E-state index contributed by atoms with van der Waals surface area (Å²) in [5.41, 5.74) is 6.84. The smallest absolute Gasteiger partial charge is 0.270 e. The van der Waals surface area contributed by atoms with Gasteiger partial charge < -0.3 is 5.73 Å². The fourth-order valence-electron chi connectivity index (χ4n) is 1.88. The fraction of sp³-hybridized carbons (Fsp3) is 0.538. The molecule has 0 saturated carbocycles. The molecule has 0 spiro atoms. The van der Waals surface area contributed by atoms with Crippen LogP contribution in [0.3, 0.4) is 0 Å². The molecule has 2 N–H and O–H groups in total. The maximum atomic E-state index is 10.6. The normalized spacial score (nSPS) is 12.4. The van der Waals surface area contributed by atoms with Crippen LogP contribution in [0.1, 0.15) is 50.6 Å². The summed E-state index contributed by atoms with van der Waals surface area (Å²) >= 11 is 6.02. The SMILES string of the molecule is CCCCCCC(N)c1ccc([N+](=O)[O-])cc1Cl. The zero-order valence-corrected chi connectivity index (χ0v) is 11.3. The lowest BCUT2D eigenvalue weighted by Crippen LogP contribution is -2.10. The molecule has 0 aliphatic heterocycles. The maximum absolute atomic E-state index is 10.6. The van der Waals surface area contributed by atoms with Gasteiger partial charge in [-0.25, -0.2) is 0 Å². The second-order valence-electron chi connectivity index (χ2n) is 4.42. The first-order chi connectivity index (χ1) is 8.56. The zero-order valence-electron chi connectivity index (χ0n) is 10.6. The lowest BCUT2D eigenvalue weighted by molar-refractivity contribution is -0.384. The Labute approximate surface area is 112 Å². The van der Waals surface area contributed by atoms with Gasteiger partial charge in [0.05, 0.1) is 9.95 Å². The van der Waals surface area contributed by atoms with Gasteiger partial charge in [-0.15, -0.1) is 0 Å². The number of nitrogens with zero attached hydrogens (tertiary/aromatic N) is 1. The monoisotopic (exact) mass is 270 g/mol. The predicted molar refractivity (Wildman–Crippen MR) is 73.8 cm³/mol. The van der Waals surface area contributed by atoms with Gasteiger partial charge in [-0.05, 0) is 18.1 Å². The summed E-state index contributed by atoms with van der Waals surface area (Å²) in [6, 6.07) is 4.33. The molecule has 100 valence electrons. The first kappa shape index (κ1) is 14.9. The van der Waals surface area contributed by atoms with E-state index in [4.69, 9.17) is 17.3 Å². The predicted octanol–water partition coefficient (Wildman–Crippen LogP) is 4.22. The first-order valence-electron chi connectivity index (χ1n) is 6.25. The van der Waals surface area contributed by atoms with Crippen LogP contribution in [0.2, 0.25) is 5.02 Å². The van der Waals surface area contributed by atoms with E-state index in [0.29, 0.717) is 5.02 Å². The van der Waals surface area contributed by atoms with E-state index in [1.807, 2.05) is 0 Å².